The van der Waals surface area contributed by atoms with E-state index in [1.54, 1.807) is 22.3 Å². The molecule has 0 unspecified atom stereocenters. The van der Waals surface area contributed by atoms with Crippen LogP contribution in [0, 0.1) is 6.92 Å². The molecule has 8 heteroatoms. The van der Waals surface area contributed by atoms with E-state index < -0.39 is 0 Å². The molecule has 110 valence electrons. The Balaban J connectivity index is 2.29. The highest BCUT2D eigenvalue weighted by molar-refractivity contribution is 9.10. The van der Waals surface area contributed by atoms with Crippen LogP contribution in [0.1, 0.15) is 36.9 Å². The summed E-state index contributed by atoms with van der Waals surface area (Å²) in [4.78, 5) is 15.5. The largest absolute Gasteiger partial charge is 0.427 e. The molecule has 0 bridgehead atoms. The van der Waals surface area contributed by atoms with Gasteiger partial charge in [-0.25, -0.2) is 0 Å². The van der Waals surface area contributed by atoms with E-state index in [0.717, 1.165) is 6.29 Å². The number of rotatable bonds is 2. The van der Waals surface area contributed by atoms with Gasteiger partial charge in [-0.15, -0.1) is 5.10 Å². The summed E-state index contributed by atoms with van der Waals surface area (Å²) in [5, 5.41) is 8.76. The van der Waals surface area contributed by atoms with Gasteiger partial charge in [-0.1, -0.05) is 0 Å². The topological polar surface area (TPSA) is 78.2 Å². The molecule has 0 spiro atoms. The second-order valence-electron chi connectivity index (χ2n) is 5.75. The molecule has 7 nitrogen and oxygen atoms in total. The van der Waals surface area contributed by atoms with Crippen molar-refractivity contribution >= 4 is 28.1 Å². The zero-order chi connectivity index (χ0) is 15.4. The van der Waals surface area contributed by atoms with Crippen molar-refractivity contribution in [3.05, 3.63) is 22.3 Å². The van der Waals surface area contributed by atoms with Crippen molar-refractivity contribution in [2.75, 3.05) is 0 Å². The fourth-order valence-corrected chi connectivity index (χ4v) is 2.40. The summed E-state index contributed by atoms with van der Waals surface area (Å²) in [6.07, 6.45) is 2.52. The smallest absolute Gasteiger partial charge is 0.326 e. The van der Waals surface area contributed by atoms with Gasteiger partial charge in [0.25, 0.3) is 0 Å². The molecule has 3 rings (SSSR count). The third kappa shape index (κ3) is 2.19. The van der Waals surface area contributed by atoms with Crippen molar-refractivity contribution in [1.29, 1.82) is 0 Å². The Morgan fingerprint density at radius 2 is 2.05 bits per heavy atom. The molecule has 0 fully saturated rings. The normalized spacial score (nSPS) is 12.2. The minimum absolute atomic E-state index is 0.226. The molecule has 21 heavy (non-hydrogen) atoms. The summed E-state index contributed by atoms with van der Waals surface area (Å²) in [6, 6.07) is 0. The Morgan fingerprint density at radius 1 is 1.33 bits per heavy atom. The van der Waals surface area contributed by atoms with Crippen molar-refractivity contribution in [2.45, 2.75) is 33.2 Å². The number of hydrogen-bond donors (Lipinski definition) is 0. The van der Waals surface area contributed by atoms with Crippen LogP contribution in [0.4, 0.5) is 0 Å². The Kier molecular flexibility index (Phi) is 3.01. The van der Waals surface area contributed by atoms with Crippen LogP contribution >= 0.6 is 15.9 Å². The standard InChI is InChI=1S/C13H14BrN5O2/c1-7-10(19-12(21-7)15-11(14)17-19)9-8(6-20)5-18(16-9)13(2,3)4/h5-6H,1-4H3. The lowest BCUT2D eigenvalue weighted by Gasteiger charge is -2.18. The number of fused-ring (bicyclic) bond motifs is 1. The van der Waals surface area contributed by atoms with Gasteiger partial charge >= 0.3 is 5.84 Å². The summed E-state index contributed by atoms with van der Waals surface area (Å²) < 4.78 is 9.29. The Hall–Kier alpha value is -1.96. The zero-order valence-corrected chi connectivity index (χ0v) is 13.7. The predicted octanol–water partition coefficient (Wildman–Crippen LogP) is 2.82. The number of carbonyl (C=O) groups is 1. The summed E-state index contributed by atoms with van der Waals surface area (Å²) in [7, 11) is 0. The maximum absolute atomic E-state index is 11.4. The SMILES string of the molecule is Cc1oc2nc(Br)nn2c1-c1nn(C(C)(C)C)cc1C=O. The van der Waals surface area contributed by atoms with Crippen LogP contribution < -0.4 is 0 Å². The lowest BCUT2D eigenvalue weighted by Crippen LogP contribution is -2.22. The van der Waals surface area contributed by atoms with E-state index in [1.165, 1.54) is 0 Å². The molecule has 3 aromatic rings. The molecule has 0 aliphatic heterocycles. The van der Waals surface area contributed by atoms with Gasteiger partial charge in [0.05, 0.1) is 11.1 Å². The molecule has 0 saturated heterocycles. The van der Waals surface area contributed by atoms with E-state index in [1.807, 2.05) is 20.8 Å². The van der Waals surface area contributed by atoms with Crippen LogP contribution in [0.3, 0.4) is 0 Å². The molecule has 0 radical (unpaired) electrons. The highest BCUT2D eigenvalue weighted by Gasteiger charge is 2.24. The molecule has 0 saturated carbocycles. The van der Waals surface area contributed by atoms with Crippen LogP contribution in [0.25, 0.3) is 17.2 Å². The number of aldehydes is 1. The molecule has 0 aliphatic carbocycles. The van der Waals surface area contributed by atoms with Gasteiger partial charge in [0, 0.05) is 6.20 Å². The van der Waals surface area contributed by atoms with E-state index in [-0.39, 0.29) is 5.54 Å². The third-order valence-corrected chi connectivity index (χ3v) is 3.46. The molecular formula is C13H14BrN5O2. The maximum Gasteiger partial charge on any atom is 0.326 e. The molecule has 0 aliphatic rings. The van der Waals surface area contributed by atoms with Crippen LogP contribution in [0.5, 0.6) is 0 Å². The summed E-state index contributed by atoms with van der Waals surface area (Å²) in [6.45, 7) is 7.84. The molecular weight excluding hydrogens is 338 g/mol. The number of oxazole rings is 1. The first-order chi connectivity index (χ1) is 9.81. The zero-order valence-electron chi connectivity index (χ0n) is 12.1. The van der Waals surface area contributed by atoms with E-state index in [4.69, 9.17) is 4.42 Å². The number of aryl methyl sites for hydroxylation is 1. The van der Waals surface area contributed by atoms with Crippen LogP contribution in [0.15, 0.2) is 15.3 Å². The Labute approximate surface area is 129 Å². The van der Waals surface area contributed by atoms with Crippen molar-refractivity contribution in [1.82, 2.24) is 24.4 Å². The molecule has 0 N–H and O–H groups in total. The van der Waals surface area contributed by atoms with Gasteiger partial charge in [-0.3, -0.25) is 9.48 Å². The minimum atomic E-state index is -0.226. The van der Waals surface area contributed by atoms with Gasteiger partial charge in [0.15, 0.2) is 6.29 Å². The van der Waals surface area contributed by atoms with Gasteiger partial charge in [0.1, 0.15) is 17.1 Å². The van der Waals surface area contributed by atoms with Crippen LogP contribution in [-0.2, 0) is 5.54 Å². The highest BCUT2D eigenvalue weighted by atomic mass is 79.9. The predicted molar refractivity (Wildman–Crippen MR) is 79.3 cm³/mol. The number of hydrogen-bond acceptors (Lipinski definition) is 5. The van der Waals surface area contributed by atoms with Crippen LogP contribution in [-0.4, -0.2) is 30.7 Å². The van der Waals surface area contributed by atoms with Crippen molar-refractivity contribution in [3.63, 3.8) is 0 Å². The first-order valence-electron chi connectivity index (χ1n) is 6.38. The third-order valence-electron chi connectivity index (χ3n) is 3.12. The summed E-state index contributed by atoms with van der Waals surface area (Å²) in [5.41, 5.74) is 1.43. The first-order valence-corrected chi connectivity index (χ1v) is 7.18. The number of halogens is 1. The molecule has 0 atom stereocenters. The minimum Gasteiger partial charge on any atom is -0.427 e. The fourth-order valence-electron chi connectivity index (χ4n) is 2.09. The number of nitrogens with zero attached hydrogens (tertiary/aromatic N) is 5. The van der Waals surface area contributed by atoms with E-state index in [0.29, 0.717) is 33.3 Å². The lowest BCUT2D eigenvalue weighted by atomic mass is 10.1. The molecule has 0 amide bonds. The van der Waals surface area contributed by atoms with Crippen molar-refractivity contribution in [3.8, 4) is 11.4 Å². The first kappa shape index (κ1) is 14.0. The number of aromatic nitrogens is 5. The van der Waals surface area contributed by atoms with Crippen LogP contribution in [0.2, 0.25) is 0 Å². The Morgan fingerprint density at radius 3 is 2.67 bits per heavy atom. The van der Waals surface area contributed by atoms with Gasteiger partial charge in [-0.05, 0) is 43.6 Å². The monoisotopic (exact) mass is 351 g/mol. The van der Waals surface area contributed by atoms with E-state index in [2.05, 4.69) is 31.1 Å². The maximum atomic E-state index is 11.4. The quantitative estimate of drug-likeness (QED) is 0.663. The highest BCUT2D eigenvalue weighted by Crippen LogP contribution is 2.29. The van der Waals surface area contributed by atoms with Crippen molar-refractivity contribution < 1.29 is 9.21 Å². The molecule has 3 aromatic heterocycles. The molecule has 0 aromatic carbocycles. The van der Waals surface area contributed by atoms with E-state index in [9.17, 15) is 4.79 Å². The number of carbonyl (C=O) groups excluding carboxylic acids is 1. The summed E-state index contributed by atoms with van der Waals surface area (Å²) >= 11 is 3.21. The lowest BCUT2D eigenvalue weighted by molar-refractivity contribution is 0.112. The second kappa shape index (κ2) is 4.52. The Bertz CT molecular complexity index is 837. The van der Waals surface area contributed by atoms with Gasteiger partial charge in [0.2, 0.25) is 4.73 Å². The van der Waals surface area contributed by atoms with Gasteiger partial charge in [-0.2, -0.15) is 14.6 Å². The van der Waals surface area contributed by atoms with Crippen molar-refractivity contribution in [2.24, 2.45) is 0 Å². The van der Waals surface area contributed by atoms with Gasteiger partial charge < -0.3 is 4.42 Å². The average Bonchev–Trinajstić information content (AvgIpc) is 3.00. The van der Waals surface area contributed by atoms with E-state index >= 15 is 0 Å². The molecule has 3 heterocycles. The summed E-state index contributed by atoms with van der Waals surface area (Å²) in [5.74, 6) is 0.969. The average molecular weight is 352 g/mol. The fraction of sp³-hybridized carbons (Fsp3) is 0.385. The second-order valence-corrected chi connectivity index (χ2v) is 6.46.